The van der Waals surface area contributed by atoms with Gasteiger partial charge in [0.1, 0.15) is 0 Å². The van der Waals surface area contributed by atoms with Crippen molar-refractivity contribution >= 4 is 22.9 Å². The van der Waals surface area contributed by atoms with E-state index in [0.29, 0.717) is 0 Å². The fourth-order valence-electron chi connectivity index (χ4n) is 2.17. The fraction of sp³-hybridized carbons (Fsp3) is 0.125. The zero-order chi connectivity index (χ0) is 13.1. The van der Waals surface area contributed by atoms with Crippen LogP contribution in [-0.2, 0) is 6.54 Å². The molecular formula is C16H15N3. The first-order valence-electron chi connectivity index (χ1n) is 6.43. The molecule has 0 atom stereocenters. The van der Waals surface area contributed by atoms with E-state index < -0.39 is 0 Å². The molecule has 1 aromatic heterocycles. The number of rotatable bonds is 3. The molecule has 0 N–H and O–H groups in total. The molecule has 3 rings (SSSR count). The highest BCUT2D eigenvalue weighted by Crippen LogP contribution is 2.16. The zero-order valence-electron chi connectivity index (χ0n) is 10.8. The summed E-state index contributed by atoms with van der Waals surface area (Å²) in [6.45, 7) is 3.00. The molecule has 0 saturated carbocycles. The number of hydrogen-bond donors (Lipinski definition) is 0. The third-order valence-corrected chi connectivity index (χ3v) is 3.09. The summed E-state index contributed by atoms with van der Waals surface area (Å²) in [7, 11) is 0. The first kappa shape index (κ1) is 11.7. The minimum absolute atomic E-state index is 0.886. The summed E-state index contributed by atoms with van der Waals surface area (Å²) in [6.07, 6.45) is 1.83. The van der Waals surface area contributed by atoms with E-state index in [0.717, 1.165) is 29.1 Å². The maximum Gasteiger partial charge on any atom is 0.152 e. The van der Waals surface area contributed by atoms with Crippen LogP contribution in [-0.4, -0.2) is 15.8 Å². The van der Waals surface area contributed by atoms with Crippen molar-refractivity contribution in [2.45, 2.75) is 13.5 Å². The summed E-state index contributed by atoms with van der Waals surface area (Å²) < 4.78 is 2.17. The van der Waals surface area contributed by atoms with E-state index in [1.54, 1.807) is 0 Å². The number of nitrogens with zero attached hydrogens (tertiary/aromatic N) is 3. The summed E-state index contributed by atoms with van der Waals surface area (Å²) >= 11 is 0. The predicted molar refractivity (Wildman–Crippen MR) is 79.1 cm³/mol. The van der Waals surface area contributed by atoms with Gasteiger partial charge in [0.15, 0.2) is 5.82 Å². The highest BCUT2D eigenvalue weighted by atomic mass is 15.1. The second kappa shape index (κ2) is 5.06. The van der Waals surface area contributed by atoms with Gasteiger partial charge in [0.05, 0.1) is 22.9 Å². The Morgan fingerprint density at radius 2 is 1.79 bits per heavy atom. The standard InChI is InChI=1S/C16H15N3/c1-2-19-15-11-7-6-10-14(15)18-16(19)12-17-13-8-4-3-5-9-13/h3-12H,2H2,1H3. The molecule has 0 fully saturated rings. The van der Waals surface area contributed by atoms with E-state index in [9.17, 15) is 0 Å². The van der Waals surface area contributed by atoms with Crippen molar-refractivity contribution in [3.05, 3.63) is 60.4 Å². The normalized spacial score (nSPS) is 11.4. The van der Waals surface area contributed by atoms with E-state index in [1.165, 1.54) is 0 Å². The molecule has 0 spiro atoms. The van der Waals surface area contributed by atoms with Crippen LogP contribution in [0.25, 0.3) is 11.0 Å². The fourth-order valence-corrected chi connectivity index (χ4v) is 2.17. The Labute approximate surface area is 112 Å². The molecule has 94 valence electrons. The lowest BCUT2D eigenvalue weighted by atomic mass is 10.3. The van der Waals surface area contributed by atoms with Crippen molar-refractivity contribution < 1.29 is 0 Å². The molecule has 0 aliphatic carbocycles. The molecular weight excluding hydrogens is 234 g/mol. The Balaban J connectivity index is 2.03. The van der Waals surface area contributed by atoms with Crippen LogP contribution in [0.5, 0.6) is 0 Å². The monoisotopic (exact) mass is 249 g/mol. The summed E-state index contributed by atoms with van der Waals surface area (Å²) in [6, 6.07) is 18.1. The molecule has 3 nitrogen and oxygen atoms in total. The van der Waals surface area contributed by atoms with Crippen LogP contribution in [0.3, 0.4) is 0 Å². The summed E-state index contributed by atoms with van der Waals surface area (Å²) in [5.41, 5.74) is 3.11. The van der Waals surface area contributed by atoms with Crippen molar-refractivity contribution in [3.8, 4) is 0 Å². The van der Waals surface area contributed by atoms with E-state index in [1.807, 2.05) is 54.7 Å². The first-order valence-corrected chi connectivity index (χ1v) is 6.43. The molecule has 0 bridgehead atoms. The lowest BCUT2D eigenvalue weighted by Crippen LogP contribution is -2.00. The maximum absolute atomic E-state index is 4.61. The van der Waals surface area contributed by atoms with Gasteiger partial charge in [-0.1, -0.05) is 30.3 Å². The average molecular weight is 249 g/mol. The largest absolute Gasteiger partial charge is 0.323 e. The van der Waals surface area contributed by atoms with Gasteiger partial charge in [-0.25, -0.2) is 4.98 Å². The smallest absolute Gasteiger partial charge is 0.152 e. The van der Waals surface area contributed by atoms with Crippen molar-refractivity contribution in [2.24, 2.45) is 4.99 Å². The lowest BCUT2D eigenvalue weighted by molar-refractivity contribution is 0.780. The second-order valence-corrected chi connectivity index (χ2v) is 4.30. The molecule has 3 aromatic rings. The topological polar surface area (TPSA) is 30.2 Å². The van der Waals surface area contributed by atoms with E-state index >= 15 is 0 Å². The van der Waals surface area contributed by atoms with Gasteiger partial charge in [0.25, 0.3) is 0 Å². The predicted octanol–water partition coefficient (Wildman–Crippen LogP) is 3.81. The quantitative estimate of drug-likeness (QED) is 0.649. The Morgan fingerprint density at radius 1 is 1.05 bits per heavy atom. The molecule has 3 heteroatoms. The highest BCUT2D eigenvalue weighted by molar-refractivity contribution is 5.86. The number of aromatic nitrogens is 2. The third kappa shape index (κ3) is 2.27. The Hall–Kier alpha value is -2.42. The van der Waals surface area contributed by atoms with E-state index in [2.05, 4.69) is 27.5 Å². The van der Waals surface area contributed by atoms with Crippen LogP contribution in [0.2, 0.25) is 0 Å². The van der Waals surface area contributed by atoms with Crippen molar-refractivity contribution in [1.29, 1.82) is 0 Å². The van der Waals surface area contributed by atoms with Crippen LogP contribution in [0.1, 0.15) is 12.7 Å². The number of imidazole rings is 1. The minimum atomic E-state index is 0.886. The van der Waals surface area contributed by atoms with Gasteiger partial charge in [-0.3, -0.25) is 4.99 Å². The van der Waals surface area contributed by atoms with Gasteiger partial charge < -0.3 is 4.57 Å². The van der Waals surface area contributed by atoms with Gasteiger partial charge >= 0.3 is 0 Å². The minimum Gasteiger partial charge on any atom is -0.323 e. The second-order valence-electron chi connectivity index (χ2n) is 4.30. The molecule has 1 heterocycles. The van der Waals surface area contributed by atoms with Crippen molar-refractivity contribution in [3.63, 3.8) is 0 Å². The van der Waals surface area contributed by atoms with Crippen LogP contribution in [0, 0.1) is 0 Å². The van der Waals surface area contributed by atoms with Crippen molar-refractivity contribution in [1.82, 2.24) is 9.55 Å². The van der Waals surface area contributed by atoms with Crippen LogP contribution in [0.4, 0.5) is 5.69 Å². The van der Waals surface area contributed by atoms with Crippen LogP contribution < -0.4 is 0 Å². The number of aryl methyl sites for hydroxylation is 1. The van der Waals surface area contributed by atoms with Crippen LogP contribution in [0.15, 0.2) is 59.6 Å². The number of para-hydroxylation sites is 3. The van der Waals surface area contributed by atoms with E-state index in [-0.39, 0.29) is 0 Å². The lowest BCUT2D eigenvalue weighted by Gasteiger charge is -2.01. The number of fused-ring (bicyclic) bond motifs is 1. The van der Waals surface area contributed by atoms with E-state index in [4.69, 9.17) is 0 Å². The molecule has 19 heavy (non-hydrogen) atoms. The summed E-state index contributed by atoms with van der Waals surface area (Å²) in [5.74, 6) is 0.896. The number of aliphatic imine (C=N–C) groups is 1. The number of hydrogen-bond acceptors (Lipinski definition) is 2. The van der Waals surface area contributed by atoms with Gasteiger partial charge in [-0.15, -0.1) is 0 Å². The van der Waals surface area contributed by atoms with Gasteiger partial charge in [0.2, 0.25) is 0 Å². The first-order chi connectivity index (χ1) is 9.38. The zero-order valence-corrected chi connectivity index (χ0v) is 10.8. The summed E-state index contributed by atoms with van der Waals surface area (Å²) in [4.78, 5) is 9.08. The van der Waals surface area contributed by atoms with Gasteiger partial charge in [-0.2, -0.15) is 0 Å². The average Bonchev–Trinajstić information content (AvgIpc) is 2.83. The van der Waals surface area contributed by atoms with Crippen molar-refractivity contribution in [2.75, 3.05) is 0 Å². The molecule has 0 radical (unpaired) electrons. The molecule has 0 saturated heterocycles. The molecule has 0 unspecified atom stereocenters. The molecule has 0 aliphatic rings. The van der Waals surface area contributed by atoms with Gasteiger partial charge in [-0.05, 0) is 31.2 Å². The molecule has 0 amide bonds. The number of benzene rings is 2. The summed E-state index contributed by atoms with van der Waals surface area (Å²) in [5, 5.41) is 0. The molecule has 0 aliphatic heterocycles. The Kier molecular flexibility index (Phi) is 3.11. The maximum atomic E-state index is 4.61. The van der Waals surface area contributed by atoms with Crippen LogP contribution >= 0.6 is 0 Å². The Morgan fingerprint density at radius 3 is 2.58 bits per heavy atom. The molecule has 2 aromatic carbocycles. The Bertz CT molecular complexity index is 711. The SMILES string of the molecule is CCn1c(C=Nc2ccccc2)nc2ccccc21. The van der Waals surface area contributed by atoms with Gasteiger partial charge in [0, 0.05) is 6.54 Å². The third-order valence-electron chi connectivity index (χ3n) is 3.09. The highest BCUT2D eigenvalue weighted by Gasteiger charge is 2.06.